The molecule has 194 valence electrons. The van der Waals surface area contributed by atoms with Crippen molar-refractivity contribution in [1.82, 2.24) is 4.57 Å². The molecule has 0 bridgehead atoms. The molecule has 0 aliphatic carbocycles. The maximum atomic E-state index is 2.48. The van der Waals surface area contributed by atoms with Crippen LogP contribution in [0.2, 0.25) is 0 Å². The van der Waals surface area contributed by atoms with Gasteiger partial charge in [-0.15, -0.1) is 0 Å². The van der Waals surface area contributed by atoms with Gasteiger partial charge in [0.1, 0.15) is 12.4 Å². The summed E-state index contributed by atoms with van der Waals surface area (Å²) in [6.45, 7) is 9.31. The Labute approximate surface area is 208 Å². The highest BCUT2D eigenvalue weighted by molar-refractivity contribution is 4.79. The van der Waals surface area contributed by atoms with Crippen LogP contribution in [0.15, 0.2) is 12.4 Å². The number of aryl methyl sites for hydroxylation is 2. The van der Waals surface area contributed by atoms with E-state index >= 15 is 0 Å². The summed E-state index contributed by atoms with van der Waals surface area (Å²) in [7, 11) is 0. The van der Waals surface area contributed by atoms with Gasteiger partial charge in [-0.05, 0) is 25.7 Å². The van der Waals surface area contributed by atoms with Crippen LogP contribution in [0.4, 0.5) is 0 Å². The van der Waals surface area contributed by atoms with E-state index in [1.807, 2.05) is 0 Å². The first-order chi connectivity index (χ1) is 16.3. The van der Waals surface area contributed by atoms with Gasteiger partial charge in [0.15, 0.2) is 0 Å². The van der Waals surface area contributed by atoms with Gasteiger partial charge in [-0.3, -0.25) is 0 Å². The van der Waals surface area contributed by atoms with Gasteiger partial charge in [0, 0.05) is 6.92 Å². The summed E-state index contributed by atoms with van der Waals surface area (Å²) in [6, 6.07) is 0. The second-order valence-electron chi connectivity index (χ2n) is 10.7. The number of nitrogens with zero attached hydrogens (tertiary/aromatic N) is 2. The highest BCUT2D eigenvalue weighted by Gasteiger charge is 2.11. The minimum absolute atomic E-state index is 1.20. The van der Waals surface area contributed by atoms with Crippen molar-refractivity contribution in [3.05, 3.63) is 18.2 Å². The predicted octanol–water partition coefficient (Wildman–Crippen LogP) is 10.1. The molecule has 0 spiro atoms. The van der Waals surface area contributed by atoms with E-state index in [0.29, 0.717) is 0 Å². The molecule has 2 nitrogen and oxygen atoms in total. The molecule has 0 aromatic carbocycles. The van der Waals surface area contributed by atoms with Gasteiger partial charge in [0.2, 0.25) is 0 Å². The monoisotopic (exact) mass is 461 g/mol. The normalized spacial score (nSPS) is 11.5. The van der Waals surface area contributed by atoms with Crippen LogP contribution in [0, 0.1) is 6.92 Å². The molecule has 0 unspecified atom stereocenters. The lowest BCUT2D eigenvalue weighted by Crippen LogP contribution is -2.35. The van der Waals surface area contributed by atoms with Crippen LogP contribution in [0.1, 0.15) is 167 Å². The Morgan fingerprint density at radius 3 is 1.30 bits per heavy atom. The van der Waals surface area contributed by atoms with E-state index < -0.39 is 0 Å². The number of aromatic nitrogens is 2. The summed E-state index contributed by atoms with van der Waals surface area (Å²) in [6.07, 6.45) is 37.4. The average Bonchev–Trinajstić information content (AvgIpc) is 3.17. The fraction of sp³-hybridized carbons (Fsp3) is 0.903. The summed E-state index contributed by atoms with van der Waals surface area (Å²) in [4.78, 5) is 0. The van der Waals surface area contributed by atoms with Gasteiger partial charge >= 0.3 is 0 Å². The molecule has 1 aromatic heterocycles. The lowest BCUT2D eigenvalue weighted by molar-refractivity contribution is -0.702. The zero-order chi connectivity index (χ0) is 23.8. The molecule has 0 aliphatic rings. The van der Waals surface area contributed by atoms with Gasteiger partial charge in [-0.1, -0.05) is 136 Å². The second-order valence-corrected chi connectivity index (χ2v) is 10.7. The summed E-state index contributed by atoms with van der Waals surface area (Å²) in [5.41, 5.74) is 0. The maximum absolute atomic E-state index is 2.48. The number of imidazole rings is 1. The SMILES string of the molecule is CCCCCCCCCCCCCC[n+]1ccn(CCCCCCCCCCCCC)c1C. The van der Waals surface area contributed by atoms with Crippen LogP contribution in [0.25, 0.3) is 0 Å². The molecule has 0 saturated carbocycles. The smallest absolute Gasteiger partial charge is 0.234 e. The average molecular weight is 462 g/mol. The van der Waals surface area contributed by atoms with Gasteiger partial charge in [0.05, 0.1) is 13.1 Å². The molecule has 0 radical (unpaired) electrons. The van der Waals surface area contributed by atoms with E-state index in [9.17, 15) is 0 Å². The van der Waals surface area contributed by atoms with Crippen molar-refractivity contribution in [3.8, 4) is 0 Å². The van der Waals surface area contributed by atoms with E-state index in [0.717, 1.165) is 0 Å². The van der Waals surface area contributed by atoms with E-state index in [2.05, 4.69) is 42.3 Å². The van der Waals surface area contributed by atoms with Crippen LogP contribution in [-0.2, 0) is 13.1 Å². The molecule has 0 atom stereocenters. The molecule has 0 aliphatic heterocycles. The lowest BCUT2D eigenvalue weighted by atomic mass is 10.1. The van der Waals surface area contributed by atoms with Crippen molar-refractivity contribution in [1.29, 1.82) is 0 Å². The molecule has 33 heavy (non-hydrogen) atoms. The zero-order valence-corrected chi connectivity index (χ0v) is 23.2. The molecule has 0 saturated heterocycles. The first kappa shape index (κ1) is 30.2. The van der Waals surface area contributed by atoms with E-state index in [-0.39, 0.29) is 0 Å². The number of unbranched alkanes of at least 4 members (excludes halogenated alkanes) is 21. The Morgan fingerprint density at radius 2 is 0.879 bits per heavy atom. The van der Waals surface area contributed by atoms with Crippen LogP contribution >= 0.6 is 0 Å². The highest BCUT2D eigenvalue weighted by Crippen LogP contribution is 2.13. The summed E-state index contributed by atoms with van der Waals surface area (Å²) in [5, 5.41) is 0. The first-order valence-electron chi connectivity index (χ1n) is 15.3. The van der Waals surface area contributed by atoms with Crippen LogP contribution in [0.3, 0.4) is 0 Å². The summed E-state index contributed by atoms with van der Waals surface area (Å²) >= 11 is 0. The molecule has 0 amide bonds. The Bertz CT molecular complexity index is 519. The van der Waals surface area contributed by atoms with Crippen molar-refractivity contribution < 1.29 is 4.57 Å². The Hall–Kier alpha value is -0.790. The van der Waals surface area contributed by atoms with E-state index in [1.165, 1.54) is 167 Å². The maximum Gasteiger partial charge on any atom is 0.253 e. The third-order valence-electron chi connectivity index (χ3n) is 7.51. The van der Waals surface area contributed by atoms with Crippen LogP contribution < -0.4 is 4.57 Å². The minimum atomic E-state index is 1.20. The van der Waals surface area contributed by atoms with Gasteiger partial charge in [-0.2, -0.15) is 0 Å². The molecule has 0 N–H and O–H groups in total. The molecule has 1 rings (SSSR count). The Balaban J connectivity index is 1.93. The fourth-order valence-electron chi connectivity index (χ4n) is 5.08. The summed E-state index contributed by atoms with van der Waals surface area (Å²) < 4.78 is 4.96. The zero-order valence-electron chi connectivity index (χ0n) is 23.2. The predicted molar refractivity (Wildman–Crippen MR) is 147 cm³/mol. The standard InChI is InChI=1S/C31H61N2/c1-4-6-8-10-12-14-16-18-20-22-24-26-28-33-30-29-32(31(33)3)27-25-23-21-19-17-15-13-11-9-7-5-2/h29-30H,4-28H2,1-3H3/q+1. The van der Waals surface area contributed by atoms with Crippen LogP contribution in [-0.4, -0.2) is 4.57 Å². The quantitative estimate of drug-likeness (QED) is 0.101. The summed E-state index contributed by atoms with van der Waals surface area (Å²) in [5.74, 6) is 1.45. The molecular weight excluding hydrogens is 400 g/mol. The van der Waals surface area contributed by atoms with Crippen molar-refractivity contribution in [2.75, 3.05) is 0 Å². The lowest BCUT2D eigenvalue weighted by Gasteiger charge is -2.04. The van der Waals surface area contributed by atoms with Crippen molar-refractivity contribution in [2.24, 2.45) is 0 Å². The molecule has 0 fully saturated rings. The Kier molecular flexibility index (Phi) is 21.1. The number of rotatable bonds is 25. The third-order valence-corrected chi connectivity index (χ3v) is 7.51. The molecule has 2 heteroatoms. The number of hydrogen-bond acceptors (Lipinski definition) is 0. The number of hydrogen-bond donors (Lipinski definition) is 0. The van der Waals surface area contributed by atoms with E-state index in [1.54, 1.807) is 0 Å². The molecular formula is C31H61N2+. The van der Waals surface area contributed by atoms with Crippen molar-refractivity contribution in [3.63, 3.8) is 0 Å². The third kappa shape index (κ3) is 17.3. The second kappa shape index (κ2) is 23.0. The van der Waals surface area contributed by atoms with Gasteiger partial charge < -0.3 is 0 Å². The van der Waals surface area contributed by atoms with Gasteiger partial charge in [0.25, 0.3) is 5.82 Å². The van der Waals surface area contributed by atoms with Crippen molar-refractivity contribution >= 4 is 0 Å². The van der Waals surface area contributed by atoms with Gasteiger partial charge in [-0.25, -0.2) is 9.13 Å². The highest BCUT2D eigenvalue weighted by atomic mass is 15.1. The van der Waals surface area contributed by atoms with E-state index in [4.69, 9.17) is 0 Å². The molecule has 1 heterocycles. The Morgan fingerprint density at radius 1 is 0.515 bits per heavy atom. The minimum Gasteiger partial charge on any atom is -0.234 e. The van der Waals surface area contributed by atoms with Crippen molar-refractivity contribution in [2.45, 2.75) is 182 Å². The topological polar surface area (TPSA) is 8.81 Å². The molecule has 1 aromatic rings. The van der Waals surface area contributed by atoms with Crippen LogP contribution in [0.5, 0.6) is 0 Å². The first-order valence-corrected chi connectivity index (χ1v) is 15.3. The fourth-order valence-corrected chi connectivity index (χ4v) is 5.08. The largest absolute Gasteiger partial charge is 0.253 e.